The molecule has 4 aromatic heterocycles. The maximum Gasteiger partial charge on any atom is 0.130 e. The molecule has 0 amide bonds. The number of nitrogens with two attached hydrogens (primary N) is 1. The Labute approximate surface area is 162 Å². The molecule has 0 saturated heterocycles. The highest BCUT2D eigenvalue weighted by Crippen LogP contribution is 2.47. The van der Waals surface area contributed by atoms with Crippen molar-refractivity contribution in [2.24, 2.45) is 0 Å². The predicted molar refractivity (Wildman–Crippen MR) is 113 cm³/mol. The van der Waals surface area contributed by atoms with Crippen molar-refractivity contribution < 1.29 is 0 Å². The van der Waals surface area contributed by atoms with E-state index < -0.39 is 0 Å². The van der Waals surface area contributed by atoms with Crippen LogP contribution in [-0.4, -0.2) is 4.98 Å². The number of allylic oxidation sites excluding steroid dienone is 1. The minimum Gasteiger partial charge on any atom is -0.396 e. The highest BCUT2D eigenvalue weighted by atomic mass is 32.1. The summed E-state index contributed by atoms with van der Waals surface area (Å²) in [4.78, 5) is 8.80. The van der Waals surface area contributed by atoms with E-state index in [2.05, 4.69) is 47.2 Å². The number of anilines is 1. The number of thiophene rings is 3. The molecule has 0 unspecified atom stereocenters. The summed E-state index contributed by atoms with van der Waals surface area (Å²) in [5, 5.41) is 14.5. The average molecular weight is 392 g/mol. The molecule has 0 saturated carbocycles. The van der Waals surface area contributed by atoms with Gasteiger partial charge in [0.2, 0.25) is 0 Å². The molecular formula is C20H13N3S3. The first kappa shape index (κ1) is 15.8. The molecule has 0 atom stereocenters. The van der Waals surface area contributed by atoms with Gasteiger partial charge < -0.3 is 5.73 Å². The molecule has 0 aromatic carbocycles. The highest BCUT2D eigenvalue weighted by Gasteiger charge is 2.27. The second-order valence-corrected chi connectivity index (χ2v) is 9.04. The van der Waals surface area contributed by atoms with Gasteiger partial charge in [0.15, 0.2) is 0 Å². The summed E-state index contributed by atoms with van der Waals surface area (Å²) >= 11 is 4.84. The Balaban J connectivity index is 1.84. The van der Waals surface area contributed by atoms with Crippen LogP contribution in [0.15, 0.2) is 35.0 Å². The molecule has 4 aromatic rings. The Hall–Kier alpha value is -2.46. The van der Waals surface area contributed by atoms with E-state index in [4.69, 9.17) is 10.7 Å². The van der Waals surface area contributed by atoms with E-state index in [1.165, 1.54) is 37.8 Å². The van der Waals surface area contributed by atoms with Crippen molar-refractivity contribution in [3.05, 3.63) is 56.0 Å². The molecule has 6 heteroatoms. The molecule has 0 fully saturated rings. The topological polar surface area (TPSA) is 62.7 Å². The third-order valence-corrected chi connectivity index (χ3v) is 7.37. The van der Waals surface area contributed by atoms with Crippen LogP contribution in [0.25, 0.3) is 32.3 Å². The van der Waals surface area contributed by atoms with Gasteiger partial charge in [-0.25, -0.2) is 4.98 Å². The molecule has 4 heterocycles. The highest BCUT2D eigenvalue weighted by molar-refractivity contribution is 7.20. The monoisotopic (exact) mass is 391 g/mol. The van der Waals surface area contributed by atoms with Gasteiger partial charge in [0, 0.05) is 20.7 Å². The van der Waals surface area contributed by atoms with Crippen molar-refractivity contribution in [3.8, 4) is 16.5 Å². The van der Waals surface area contributed by atoms with Crippen LogP contribution in [0, 0.1) is 11.3 Å². The van der Waals surface area contributed by atoms with Gasteiger partial charge in [0.05, 0.1) is 11.4 Å². The van der Waals surface area contributed by atoms with Crippen LogP contribution in [-0.2, 0) is 6.42 Å². The van der Waals surface area contributed by atoms with Crippen molar-refractivity contribution in [3.63, 3.8) is 0 Å². The quantitative estimate of drug-likeness (QED) is 0.454. The fourth-order valence-corrected chi connectivity index (χ4v) is 5.93. The van der Waals surface area contributed by atoms with Crippen LogP contribution in [0.5, 0.6) is 0 Å². The van der Waals surface area contributed by atoms with Crippen LogP contribution in [0.2, 0.25) is 0 Å². The maximum atomic E-state index is 9.42. The first-order valence-corrected chi connectivity index (χ1v) is 10.8. The van der Waals surface area contributed by atoms with Crippen LogP contribution in [0.4, 0.5) is 5.69 Å². The van der Waals surface area contributed by atoms with Crippen LogP contribution < -0.4 is 5.73 Å². The lowest BCUT2D eigenvalue weighted by Gasteiger charge is -2.09. The SMILES string of the molecule is N#Cc1sc2nc3c(c(-c4cccs4)c2c1N)CC/C3=C/c1cccs1. The summed E-state index contributed by atoms with van der Waals surface area (Å²) in [6.07, 6.45) is 4.19. The zero-order valence-electron chi connectivity index (χ0n) is 13.7. The number of nitriles is 1. The number of hydrogen-bond donors (Lipinski definition) is 1. The second-order valence-electron chi connectivity index (χ2n) is 6.11. The molecule has 3 nitrogen and oxygen atoms in total. The van der Waals surface area contributed by atoms with Gasteiger partial charge in [-0.2, -0.15) is 5.26 Å². The van der Waals surface area contributed by atoms with Gasteiger partial charge >= 0.3 is 0 Å². The molecule has 5 rings (SSSR count). The number of hydrogen-bond acceptors (Lipinski definition) is 6. The number of nitrogen functional groups attached to an aromatic ring is 1. The summed E-state index contributed by atoms with van der Waals surface area (Å²) in [7, 11) is 0. The Morgan fingerprint density at radius 2 is 2.00 bits per heavy atom. The fourth-order valence-electron chi connectivity index (χ4n) is 3.54. The van der Waals surface area contributed by atoms with E-state index in [1.807, 2.05) is 0 Å². The molecule has 0 aliphatic heterocycles. The van der Waals surface area contributed by atoms with Crippen molar-refractivity contribution in [1.29, 1.82) is 5.26 Å². The minimum absolute atomic E-state index is 0.553. The standard InChI is InChI=1S/C20H13N3S3/c21-10-15-18(22)17-16(14-4-2-8-25-14)13-6-5-11(9-12-3-1-7-24-12)19(13)23-20(17)26-15/h1-4,7-9H,5-6,22H2/b11-9-. The van der Waals surface area contributed by atoms with Gasteiger partial charge in [-0.3, -0.25) is 0 Å². The lowest BCUT2D eigenvalue weighted by molar-refractivity contribution is 1.09. The molecule has 26 heavy (non-hydrogen) atoms. The van der Waals surface area contributed by atoms with E-state index >= 15 is 0 Å². The summed E-state index contributed by atoms with van der Waals surface area (Å²) in [6.45, 7) is 0. The predicted octanol–water partition coefficient (Wildman–Crippen LogP) is 6.03. The molecule has 0 radical (unpaired) electrons. The molecule has 0 spiro atoms. The van der Waals surface area contributed by atoms with E-state index in [-0.39, 0.29) is 0 Å². The maximum absolute atomic E-state index is 9.42. The van der Waals surface area contributed by atoms with Crippen molar-refractivity contribution in [2.45, 2.75) is 12.8 Å². The molecule has 1 aliphatic rings. The number of rotatable bonds is 2. The zero-order chi connectivity index (χ0) is 17.7. The Bertz CT molecular complexity index is 1190. The smallest absolute Gasteiger partial charge is 0.130 e. The van der Waals surface area contributed by atoms with E-state index in [0.29, 0.717) is 10.6 Å². The number of nitrogens with zero attached hydrogens (tertiary/aromatic N) is 2. The summed E-state index contributed by atoms with van der Waals surface area (Å²) < 4.78 is 0. The largest absolute Gasteiger partial charge is 0.396 e. The summed E-state index contributed by atoms with van der Waals surface area (Å²) in [5.74, 6) is 0. The van der Waals surface area contributed by atoms with Gasteiger partial charge in [-0.1, -0.05) is 12.1 Å². The molecule has 126 valence electrons. The minimum atomic E-state index is 0.553. The lowest BCUT2D eigenvalue weighted by atomic mass is 10.0. The Morgan fingerprint density at radius 3 is 2.73 bits per heavy atom. The van der Waals surface area contributed by atoms with Gasteiger partial charge in [0.1, 0.15) is 15.8 Å². The van der Waals surface area contributed by atoms with E-state index in [0.717, 1.165) is 28.8 Å². The lowest BCUT2D eigenvalue weighted by Crippen LogP contribution is -1.94. The summed E-state index contributed by atoms with van der Waals surface area (Å²) in [5.41, 5.74) is 11.7. The molecular weight excluding hydrogens is 378 g/mol. The molecule has 2 N–H and O–H groups in total. The van der Waals surface area contributed by atoms with Crippen molar-refractivity contribution in [2.75, 3.05) is 5.73 Å². The second kappa shape index (κ2) is 6.06. The fraction of sp³-hybridized carbons (Fsp3) is 0.100. The van der Waals surface area contributed by atoms with Crippen molar-refractivity contribution >= 4 is 61.6 Å². The van der Waals surface area contributed by atoms with Gasteiger partial charge in [-0.15, -0.1) is 34.0 Å². The van der Waals surface area contributed by atoms with Crippen molar-refractivity contribution in [1.82, 2.24) is 4.98 Å². The normalized spacial score (nSPS) is 14.8. The Kier molecular flexibility index (Phi) is 3.68. The third kappa shape index (κ3) is 2.32. The number of pyridine rings is 1. The van der Waals surface area contributed by atoms with E-state index in [1.54, 1.807) is 22.7 Å². The number of aromatic nitrogens is 1. The number of fused-ring (bicyclic) bond motifs is 2. The average Bonchev–Trinajstić information content (AvgIpc) is 3.42. The first-order chi connectivity index (χ1) is 12.8. The first-order valence-electron chi connectivity index (χ1n) is 8.19. The third-order valence-electron chi connectivity index (χ3n) is 4.65. The molecule has 0 bridgehead atoms. The summed E-state index contributed by atoms with van der Waals surface area (Å²) in [6, 6.07) is 10.6. The van der Waals surface area contributed by atoms with Crippen LogP contribution in [0.3, 0.4) is 0 Å². The Morgan fingerprint density at radius 1 is 1.15 bits per heavy atom. The van der Waals surface area contributed by atoms with Gasteiger partial charge in [0.25, 0.3) is 0 Å². The molecule has 1 aliphatic carbocycles. The van der Waals surface area contributed by atoms with Crippen LogP contribution in [0.1, 0.15) is 27.4 Å². The van der Waals surface area contributed by atoms with Crippen LogP contribution >= 0.6 is 34.0 Å². The van der Waals surface area contributed by atoms with Gasteiger partial charge in [-0.05, 0) is 52.9 Å². The zero-order valence-corrected chi connectivity index (χ0v) is 16.1. The van der Waals surface area contributed by atoms with E-state index in [9.17, 15) is 5.26 Å².